The number of likely N-dealkylation sites (tertiary alicyclic amines) is 1. The molecule has 0 radical (unpaired) electrons. The van der Waals surface area contributed by atoms with Crippen molar-refractivity contribution in [2.24, 2.45) is 5.92 Å². The van der Waals surface area contributed by atoms with Crippen LogP contribution in [0.4, 0.5) is 4.39 Å². The summed E-state index contributed by atoms with van der Waals surface area (Å²) in [5.41, 5.74) is 2.28. The fraction of sp³-hybridized carbons (Fsp3) is 0.364. The molecule has 0 aliphatic carbocycles. The molecule has 5 heteroatoms. The Morgan fingerprint density at radius 1 is 1.19 bits per heavy atom. The Labute approximate surface area is 159 Å². The molecule has 4 nitrogen and oxygen atoms in total. The molecule has 3 rings (SSSR count). The van der Waals surface area contributed by atoms with Gasteiger partial charge in [-0.15, -0.1) is 0 Å². The highest BCUT2D eigenvalue weighted by Gasteiger charge is 2.21. The molecule has 1 heterocycles. The van der Waals surface area contributed by atoms with Crippen LogP contribution in [-0.2, 0) is 0 Å². The van der Waals surface area contributed by atoms with E-state index in [-0.39, 0.29) is 11.7 Å². The van der Waals surface area contributed by atoms with E-state index in [0.29, 0.717) is 34.7 Å². The van der Waals surface area contributed by atoms with Crippen LogP contribution in [0.25, 0.3) is 11.1 Å². The Morgan fingerprint density at radius 3 is 2.56 bits per heavy atom. The number of Topliss-reactive ketones (excluding diaryl/α,β-unsaturated/α-hetero) is 1. The minimum Gasteiger partial charge on any atom is -0.352 e. The van der Waals surface area contributed by atoms with Gasteiger partial charge in [-0.05, 0) is 73.8 Å². The first kappa shape index (κ1) is 19.2. The monoisotopic (exact) mass is 368 g/mol. The molecule has 0 unspecified atom stereocenters. The highest BCUT2D eigenvalue weighted by atomic mass is 19.1. The van der Waals surface area contributed by atoms with Gasteiger partial charge in [0, 0.05) is 24.2 Å². The predicted octanol–water partition coefficient (Wildman–Crippen LogP) is 3.77. The number of hydrogen-bond acceptors (Lipinski definition) is 3. The molecular formula is C22H25FN2O2. The molecule has 0 saturated carbocycles. The third kappa shape index (κ3) is 4.61. The molecule has 1 N–H and O–H groups in total. The average molecular weight is 368 g/mol. The van der Waals surface area contributed by atoms with E-state index in [0.717, 1.165) is 26.1 Å². The number of carbonyl (C=O) groups is 2. The van der Waals surface area contributed by atoms with Crippen molar-refractivity contribution in [2.45, 2.75) is 20.3 Å². The number of rotatable bonds is 6. The molecular weight excluding hydrogens is 343 g/mol. The Morgan fingerprint density at radius 2 is 1.93 bits per heavy atom. The van der Waals surface area contributed by atoms with Crippen LogP contribution < -0.4 is 5.32 Å². The maximum absolute atomic E-state index is 13.6. The lowest BCUT2D eigenvalue weighted by Crippen LogP contribution is -2.30. The van der Waals surface area contributed by atoms with Crippen LogP contribution in [0.2, 0.25) is 0 Å². The van der Waals surface area contributed by atoms with Gasteiger partial charge in [0.25, 0.3) is 5.91 Å². The van der Waals surface area contributed by atoms with Gasteiger partial charge in [-0.1, -0.05) is 19.1 Å². The van der Waals surface area contributed by atoms with E-state index in [4.69, 9.17) is 0 Å². The van der Waals surface area contributed by atoms with E-state index in [1.165, 1.54) is 25.1 Å². The molecule has 27 heavy (non-hydrogen) atoms. The van der Waals surface area contributed by atoms with Gasteiger partial charge in [-0.3, -0.25) is 9.59 Å². The van der Waals surface area contributed by atoms with E-state index < -0.39 is 5.82 Å². The highest BCUT2D eigenvalue weighted by molar-refractivity contribution is 6.01. The minimum atomic E-state index is -0.394. The number of hydrogen-bond donors (Lipinski definition) is 1. The first-order valence-corrected chi connectivity index (χ1v) is 9.39. The van der Waals surface area contributed by atoms with Gasteiger partial charge in [-0.2, -0.15) is 0 Å². The summed E-state index contributed by atoms with van der Waals surface area (Å²) in [6, 6.07) is 11.1. The third-order valence-corrected chi connectivity index (χ3v) is 5.19. The Bertz CT molecular complexity index is 833. The van der Waals surface area contributed by atoms with Gasteiger partial charge in [-0.25, -0.2) is 4.39 Å². The van der Waals surface area contributed by atoms with Crippen LogP contribution >= 0.6 is 0 Å². The van der Waals surface area contributed by atoms with Crippen LogP contribution in [0.15, 0.2) is 42.5 Å². The van der Waals surface area contributed by atoms with Crippen molar-refractivity contribution in [2.75, 3.05) is 26.2 Å². The normalized spacial score (nSPS) is 17.1. The van der Waals surface area contributed by atoms with E-state index in [1.807, 2.05) is 0 Å². The van der Waals surface area contributed by atoms with Gasteiger partial charge in [0.05, 0.1) is 0 Å². The van der Waals surface area contributed by atoms with Crippen molar-refractivity contribution in [1.29, 1.82) is 0 Å². The largest absolute Gasteiger partial charge is 0.352 e. The highest BCUT2D eigenvalue weighted by Crippen LogP contribution is 2.26. The second kappa shape index (κ2) is 8.44. The lowest BCUT2D eigenvalue weighted by molar-refractivity contribution is 0.0946. The summed E-state index contributed by atoms with van der Waals surface area (Å²) in [5.74, 6) is -0.125. The summed E-state index contributed by atoms with van der Waals surface area (Å²) in [4.78, 5) is 26.6. The van der Waals surface area contributed by atoms with E-state index >= 15 is 0 Å². The van der Waals surface area contributed by atoms with Gasteiger partial charge in [0.2, 0.25) is 0 Å². The van der Waals surface area contributed by atoms with Gasteiger partial charge >= 0.3 is 0 Å². The Balaban J connectivity index is 1.68. The summed E-state index contributed by atoms with van der Waals surface area (Å²) in [6.45, 7) is 7.46. The molecule has 1 aliphatic rings. The van der Waals surface area contributed by atoms with Crippen molar-refractivity contribution < 1.29 is 14.0 Å². The van der Waals surface area contributed by atoms with Crippen molar-refractivity contribution >= 4 is 11.7 Å². The zero-order valence-corrected chi connectivity index (χ0v) is 15.8. The first-order valence-electron chi connectivity index (χ1n) is 9.39. The zero-order valence-electron chi connectivity index (χ0n) is 15.8. The quantitative estimate of drug-likeness (QED) is 0.790. The molecule has 1 atom stereocenters. The SMILES string of the molecule is CCN1CC[C@@H](CNC(=O)c2ccc(-c3cc(F)ccc3C(C)=O)cc2)C1. The maximum Gasteiger partial charge on any atom is 0.251 e. The van der Waals surface area contributed by atoms with Crippen molar-refractivity contribution in [3.8, 4) is 11.1 Å². The van der Waals surface area contributed by atoms with E-state index in [1.54, 1.807) is 24.3 Å². The fourth-order valence-corrected chi connectivity index (χ4v) is 3.57. The average Bonchev–Trinajstić information content (AvgIpc) is 3.14. The molecule has 0 bridgehead atoms. The standard InChI is InChI=1S/C22H25FN2O2/c1-3-25-11-10-16(14-25)13-24-22(27)18-6-4-17(5-7-18)21-12-19(23)8-9-20(21)15(2)26/h4-9,12,16H,3,10-11,13-14H2,1-2H3,(H,24,27)/t16-/m0/s1. The number of amides is 1. The molecule has 1 aliphatic heterocycles. The second-order valence-electron chi connectivity index (χ2n) is 7.08. The Kier molecular flexibility index (Phi) is 6.01. The van der Waals surface area contributed by atoms with Crippen molar-refractivity contribution in [3.63, 3.8) is 0 Å². The number of nitrogens with one attached hydrogen (secondary N) is 1. The summed E-state index contributed by atoms with van der Waals surface area (Å²) in [6.07, 6.45) is 1.11. The first-order chi connectivity index (χ1) is 13.0. The molecule has 0 aromatic heterocycles. The fourth-order valence-electron chi connectivity index (χ4n) is 3.57. The van der Waals surface area contributed by atoms with Crippen LogP contribution in [0.3, 0.4) is 0 Å². The number of carbonyl (C=O) groups excluding carboxylic acids is 2. The lowest BCUT2D eigenvalue weighted by atomic mass is 9.96. The van der Waals surface area contributed by atoms with Gasteiger partial charge in [0.15, 0.2) is 5.78 Å². The van der Waals surface area contributed by atoms with Crippen LogP contribution in [0, 0.1) is 11.7 Å². The van der Waals surface area contributed by atoms with Crippen LogP contribution in [0.5, 0.6) is 0 Å². The summed E-state index contributed by atoms with van der Waals surface area (Å²) < 4.78 is 13.6. The molecule has 1 amide bonds. The number of nitrogens with zero attached hydrogens (tertiary/aromatic N) is 1. The number of ketones is 1. The van der Waals surface area contributed by atoms with E-state index in [9.17, 15) is 14.0 Å². The predicted molar refractivity (Wildman–Crippen MR) is 104 cm³/mol. The summed E-state index contributed by atoms with van der Waals surface area (Å²) >= 11 is 0. The van der Waals surface area contributed by atoms with E-state index in [2.05, 4.69) is 17.1 Å². The number of benzene rings is 2. The molecule has 2 aromatic rings. The number of halogens is 1. The van der Waals surface area contributed by atoms with Gasteiger partial charge in [0.1, 0.15) is 5.82 Å². The van der Waals surface area contributed by atoms with Crippen molar-refractivity contribution in [3.05, 3.63) is 59.4 Å². The lowest BCUT2D eigenvalue weighted by Gasteiger charge is -2.14. The third-order valence-electron chi connectivity index (χ3n) is 5.19. The van der Waals surface area contributed by atoms with Crippen LogP contribution in [-0.4, -0.2) is 42.8 Å². The van der Waals surface area contributed by atoms with Crippen molar-refractivity contribution in [1.82, 2.24) is 10.2 Å². The molecule has 1 fully saturated rings. The van der Waals surface area contributed by atoms with Gasteiger partial charge < -0.3 is 10.2 Å². The van der Waals surface area contributed by atoms with Crippen LogP contribution in [0.1, 0.15) is 41.0 Å². The molecule has 142 valence electrons. The topological polar surface area (TPSA) is 49.4 Å². The summed E-state index contributed by atoms with van der Waals surface area (Å²) in [5, 5.41) is 3.00. The molecule has 0 spiro atoms. The Hall–Kier alpha value is -2.53. The maximum atomic E-state index is 13.6. The molecule has 2 aromatic carbocycles. The second-order valence-corrected chi connectivity index (χ2v) is 7.08. The summed E-state index contributed by atoms with van der Waals surface area (Å²) in [7, 11) is 0. The minimum absolute atomic E-state index is 0.109. The molecule has 1 saturated heterocycles. The zero-order chi connectivity index (χ0) is 19.4. The smallest absolute Gasteiger partial charge is 0.251 e.